The van der Waals surface area contributed by atoms with Crippen LogP contribution in [0.5, 0.6) is 11.5 Å². The third-order valence-corrected chi connectivity index (χ3v) is 2.96. The van der Waals surface area contributed by atoms with Crippen LogP contribution in [0.4, 0.5) is 0 Å². The van der Waals surface area contributed by atoms with E-state index in [1.807, 2.05) is 6.07 Å². The van der Waals surface area contributed by atoms with Crippen molar-refractivity contribution in [2.45, 2.75) is 6.92 Å². The van der Waals surface area contributed by atoms with Crippen LogP contribution in [0.25, 0.3) is 6.08 Å². The summed E-state index contributed by atoms with van der Waals surface area (Å²) in [6.45, 7) is 2.21. The number of nitrogens with zero attached hydrogens (tertiary/aromatic N) is 1. The SMILES string of the molecule is CC(C#N)CNC(=O)/C=C/c1cc(Cl)c2c(c1)OCO2. The number of fused-ring (bicyclic) bond motifs is 1. The van der Waals surface area contributed by atoms with Crippen molar-refractivity contribution in [1.82, 2.24) is 5.32 Å². The minimum atomic E-state index is -0.263. The standard InChI is InChI=1S/C14H13ClN2O3/c1-9(6-16)7-17-13(18)3-2-10-4-11(15)14-12(5-10)19-8-20-14/h2-5,9H,7-8H2,1H3,(H,17,18)/b3-2+. The Morgan fingerprint density at radius 2 is 2.40 bits per heavy atom. The summed E-state index contributed by atoms with van der Waals surface area (Å²) in [5.74, 6) is 0.611. The minimum Gasteiger partial charge on any atom is -0.454 e. The molecule has 1 amide bonds. The molecule has 104 valence electrons. The van der Waals surface area contributed by atoms with Gasteiger partial charge in [0, 0.05) is 12.6 Å². The number of nitriles is 1. The molecule has 0 saturated carbocycles. The highest BCUT2D eigenvalue weighted by molar-refractivity contribution is 6.32. The Balaban J connectivity index is 2.00. The molecular weight excluding hydrogens is 280 g/mol. The zero-order valence-corrected chi connectivity index (χ0v) is 11.6. The molecule has 0 bridgehead atoms. The van der Waals surface area contributed by atoms with Gasteiger partial charge >= 0.3 is 0 Å². The predicted octanol–water partition coefficient (Wildman–Crippen LogP) is 2.36. The van der Waals surface area contributed by atoms with Crippen LogP contribution in [-0.4, -0.2) is 19.2 Å². The molecular formula is C14H13ClN2O3. The summed E-state index contributed by atoms with van der Waals surface area (Å²) in [7, 11) is 0. The van der Waals surface area contributed by atoms with E-state index in [4.69, 9.17) is 26.3 Å². The van der Waals surface area contributed by atoms with Crippen molar-refractivity contribution in [2.75, 3.05) is 13.3 Å². The summed E-state index contributed by atoms with van der Waals surface area (Å²) >= 11 is 6.04. The number of rotatable bonds is 4. The molecule has 2 rings (SSSR count). The van der Waals surface area contributed by atoms with Gasteiger partial charge in [0.15, 0.2) is 11.5 Å². The topological polar surface area (TPSA) is 71.4 Å². The number of hydrogen-bond acceptors (Lipinski definition) is 4. The van der Waals surface area contributed by atoms with Gasteiger partial charge in [-0.25, -0.2) is 0 Å². The molecule has 1 N–H and O–H groups in total. The normalized spacial score (nSPS) is 14.1. The molecule has 1 aromatic carbocycles. The van der Waals surface area contributed by atoms with Gasteiger partial charge in [-0.3, -0.25) is 4.79 Å². The van der Waals surface area contributed by atoms with E-state index in [2.05, 4.69) is 5.32 Å². The van der Waals surface area contributed by atoms with Gasteiger partial charge in [0.05, 0.1) is 17.0 Å². The van der Waals surface area contributed by atoms with Crippen LogP contribution >= 0.6 is 11.6 Å². The summed E-state index contributed by atoms with van der Waals surface area (Å²) in [4.78, 5) is 11.6. The lowest BCUT2D eigenvalue weighted by molar-refractivity contribution is -0.116. The van der Waals surface area contributed by atoms with Gasteiger partial charge < -0.3 is 14.8 Å². The Labute approximate surface area is 121 Å². The van der Waals surface area contributed by atoms with E-state index < -0.39 is 0 Å². The number of carbonyl (C=O) groups excluding carboxylic acids is 1. The monoisotopic (exact) mass is 292 g/mol. The zero-order valence-electron chi connectivity index (χ0n) is 10.9. The summed E-state index contributed by atoms with van der Waals surface area (Å²) in [6.07, 6.45) is 3.01. The van der Waals surface area contributed by atoms with E-state index in [1.165, 1.54) is 6.08 Å². The summed E-state index contributed by atoms with van der Waals surface area (Å²) < 4.78 is 10.4. The van der Waals surface area contributed by atoms with Crippen molar-refractivity contribution in [2.24, 2.45) is 5.92 Å². The molecule has 1 atom stereocenters. The molecule has 0 spiro atoms. The number of carbonyl (C=O) groups is 1. The van der Waals surface area contributed by atoms with Crippen molar-refractivity contribution in [1.29, 1.82) is 5.26 Å². The largest absolute Gasteiger partial charge is 0.454 e. The van der Waals surface area contributed by atoms with E-state index in [9.17, 15) is 4.79 Å². The van der Waals surface area contributed by atoms with Crippen LogP contribution in [-0.2, 0) is 4.79 Å². The summed E-state index contributed by atoms with van der Waals surface area (Å²) in [5.41, 5.74) is 0.739. The molecule has 1 aliphatic rings. The van der Waals surface area contributed by atoms with Gasteiger partial charge in [0.25, 0.3) is 0 Å². The molecule has 0 fully saturated rings. The number of halogens is 1. The van der Waals surface area contributed by atoms with Gasteiger partial charge in [-0.1, -0.05) is 11.6 Å². The van der Waals surface area contributed by atoms with Crippen LogP contribution in [0.15, 0.2) is 18.2 Å². The second-order valence-electron chi connectivity index (χ2n) is 4.35. The maximum absolute atomic E-state index is 11.6. The average molecular weight is 293 g/mol. The fourth-order valence-corrected chi connectivity index (χ4v) is 1.89. The maximum atomic E-state index is 11.6. The lowest BCUT2D eigenvalue weighted by Gasteiger charge is -2.03. The van der Waals surface area contributed by atoms with Crippen LogP contribution in [0.2, 0.25) is 5.02 Å². The first kappa shape index (κ1) is 14.2. The van der Waals surface area contributed by atoms with Crippen molar-refractivity contribution >= 4 is 23.6 Å². The van der Waals surface area contributed by atoms with Crippen LogP contribution < -0.4 is 14.8 Å². The molecule has 1 heterocycles. The van der Waals surface area contributed by atoms with Crippen LogP contribution in [0, 0.1) is 17.2 Å². The van der Waals surface area contributed by atoms with Crippen molar-refractivity contribution in [3.05, 3.63) is 28.8 Å². The smallest absolute Gasteiger partial charge is 0.244 e. The highest BCUT2D eigenvalue weighted by Crippen LogP contribution is 2.39. The Bertz CT molecular complexity index is 593. The molecule has 0 saturated heterocycles. The predicted molar refractivity (Wildman–Crippen MR) is 74.4 cm³/mol. The molecule has 20 heavy (non-hydrogen) atoms. The Hall–Kier alpha value is -2.19. The second-order valence-corrected chi connectivity index (χ2v) is 4.75. The fourth-order valence-electron chi connectivity index (χ4n) is 1.61. The maximum Gasteiger partial charge on any atom is 0.244 e. The molecule has 1 unspecified atom stereocenters. The molecule has 6 heteroatoms. The number of hydrogen-bond donors (Lipinski definition) is 1. The Morgan fingerprint density at radius 3 is 3.15 bits per heavy atom. The first-order valence-corrected chi connectivity index (χ1v) is 6.42. The summed E-state index contributed by atoms with van der Waals surface area (Å²) in [5, 5.41) is 11.7. The quantitative estimate of drug-likeness (QED) is 0.865. The van der Waals surface area contributed by atoms with Gasteiger partial charge in [-0.2, -0.15) is 5.26 Å². The average Bonchev–Trinajstić information content (AvgIpc) is 2.91. The highest BCUT2D eigenvalue weighted by Gasteiger charge is 2.17. The van der Waals surface area contributed by atoms with E-state index >= 15 is 0 Å². The van der Waals surface area contributed by atoms with Crippen molar-refractivity contribution < 1.29 is 14.3 Å². The van der Waals surface area contributed by atoms with Gasteiger partial charge in [-0.05, 0) is 30.7 Å². The van der Waals surface area contributed by atoms with Gasteiger partial charge in [0.1, 0.15) is 0 Å². The third-order valence-electron chi connectivity index (χ3n) is 2.68. The highest BCUT2D eigenvalue weighted by atomic mass is 35.5. The molecule has 1 aliphatic heterocycles. The Morgan fingerprint density at radius 1 is 1.60 bits per heavy atom. The van der Waals surface area contributed by atoms with Crippen molar-refractivity contribution in [3.8, 4) is 17.6 Å². The van der Waals surface area contributed by atoms with Gasteiger partial charge in [0.2, 0.25) is 12.7 Å². The molecule has 5 nitrogen and oxygen atoms in total. The van der Waals surface area contributed by atoms with Crippen LogP contribution in [0.1, 0.15) is 12.5 Å². The van der Waals surface area contributed by atoms with E-state index in [0.717, 1.165) is 5.56 Å². The lowest BCUT2D eigenvalue weighted by Crippen LogP contribution is -2.25. The number of ether oxygens (including phenoxy) is 2. The molecule has 1 aromatic rings. The van der Waals surface area contributed by atoms with Gasteiger partial charge in [-0.15, -0.1) is 0 Å². The second kappa shape index (κ2) is 6.31. The molecule has 0 aliphatic carbocycles. The summed E-state index contributed by atoms with van der Waals surface area (Å²) in [6, 6.07) is 5.48. The van der Waals surface area contributed by atoms with Crippen LogP contribution in [0.3, 0.4) is 0 Å². The number of benzene rings is 1. The minimum absolute atomic E-state index is 0.148. The van der Waals surface area contributed by atoms with Crippen molar-refractivity contribution in [3.63, 3.8) is 0 Å². The fraction of sp³-hybridized carbons (Fsp3) is 0.286. The Kier molecular flexibility index (Phi) is 4.49. The lowest BCUT2D eigenvalue weighted by atomic mass is 10.2. The molecule has 0 aromatic heterocycles. The third kappa shape index (κ3) is 3.43. The number of nitrogens with one attached hydrogen (secondary N) is 1. The van der Waals surface area contributed by atoms with E-state index in [-0.39, 0.29) is 18.6 Å². The first-order chi connectivity index (χ1) is 9.60. The first-order valence-electron chi connectivity index (χ1n) is 6.05. The number of amides is 1. The molecule has 0 radical (unpaired) electrons. The van der Waals surface area contributed by atoms with E-state index in [1.54, 1.807) is 25.1 Å². The zero-order chi connectivity index (χ0) is 14.5. The van der Waals surface area contributed by atoms with E-state index in [0.29, 0.717) is 23.1 Å².